The fourth-order valence-electron chi connectivity index (χ4n) is 3.74. The van der Waals surface area contributed by atoms with Crippen LogP contribution in [-0.2, 0) is 15.0 Å². The number of ether oxygens (including phenoxy) is 1. The monoisotopic (exact) mass is 403 g/mol. The van der Waals surface area contributed by atoms with Gasteiger partial charge in [-0.2, -0.15) is 0 Å². The molecule has 0 unspecified atom stereocenters. The average molecular weight is 404 g/mol. The van der Waals surface area contributed by atoms with Gasteiger partial charge in [-0.25, -0.2) is 4.79 Å². The van der Waals surface area contributed by atoms with Crippen molar-refractivity contribution in [3.8, 4) is 5.75 Å². The highest BCUT2D eigenvalue weighted by molar-refractivity contribution is 6.10. The molecule has 0 radical (unpaired) electrons. The number of carbonyl (C=O) groups is 3. The molecule has 0 bridgehead atoms. The minimum absolute atomic E-state index is 0.101. The zero-order chi connectivity index (χ0) is 21.8. The molecule has 4 amide bonds. The average Bonchev–Trinajstić information content (AvgIpc) is 2.86. The van der Waals surface area contributed by atoms with Crippen LogP contribution in [0.4, 0.5) is 10.5 Å². The summed E-state index contributed by atoms with van der Waals surface area (Å²) in [6.45, 7) is 9.85. The Hall–Kier alpha value is -2.57. The van der Waals surface area contributed by atoms with Crippen molar-refractivity contribution in [2.24, 2.45) is 0 Å². The molecule has 1 aromatic rings. The van der Waals surface area contributed by atoms with Crippen molar-refractivity contribution < 1.29 is 19.1 Å². The van der Waals surface area contributed by atoms with Gasteiger partial charge in [0.15, 0.2) is 0 Å². The number of hydrogen-bond acceptors (Lipinski definition) is 4. The van der Waals surface area contributed by atoms with Crippen molar-refractivity contribution in [3.63, 3.8) is 0 Å². The summed E-state index contributed by atoms with van der Waals surface area (Å²) < 4.78 is 5.35. The number of methoxy groups -OCH3 is 1. The molecule has 0 saturated carbocycles. The molecule has 2 rings (SSSR count). The molecule has 0 spiro atoms. The molecule has 0 atom stereocenters. The number of urea groups is 1. The number of hydrogen-bond donors (Lipinski definition) is 2. The number of rotatable bonds is 8. The van der Waals surface area contributed by atoms with E-state index in [0.717, 1.165) is 23.3 Å². The largest absolute Gasteiger partial charge is 0.495 e. The van der Waals surface area contributed by atoms with Gasteiger partial charge < -0.3 is 15.4 Å². The summed E-state index contributed by atoms with van der Waals surface area (Å²) in [5, 5.41) is 5.62. The summed E-state index contributed by atoms with van der Waals surface area (Å²) in [6, 6.07) is 5.11. The molecule has 7 heteroatoms. The number of amides is 4. The molecule has 2 N–H and O–H groups in total. The van der Waals surface area contributed by atoms with E-state index in [0.29, 0.717) is 24.3 Å². The van der Waals surface area contributed by atoms with Gasteiger partial charge in [0, 0.05) is 0 Å². The second kappa shape index (κ2) is 8.84. The van der Waals surface area contributed by atoms with Crippen LogP contribution in [0.3, 0.4) is 0 Å². The number of anilines is 1. The Bertz CT molecular complexity index is 777. The lowest BCUT2D eigenvalue weighted by atomic mass is 9.87. The zero-order valence-corrected chi connectivity index (χ0v) is 18.3. The number of nitrogens with one attached hydrogen (secondary N) is 2. The van der Waals surface area contributed by atoms with Crippen molar-refractivity contribution in [2.75, 3.05) is 19.0 Å². The molecule has 160 valence electrons. The highest BCUT2D eigenvalue weighted by Crippen LogP contribution is 2.32. The van der Waals surface area contributed by atoms with Crippen LogP contribution in [0.25, 0.3) is 0 Å². The maximum atomic E-state index is 13.0. The molecule has 29 heavy (non-hydrogen) atoms. The van der Waals surface area contributed by atoms with E-state index >= 15 is 0 Å². The van der Waals surface area contributed by atoms with Crippen LogP contribution in [0.1, 0.15) is 65.9 Å². The zero-order valence-electron chi connectivity index (χ0n) is 18.3. The van der Waals surface area contributed by atoms with E-state index in [9.17, 15) is 14.4 Å². The third-order valence-electron chi connectivity index (χ3n) is 5.24. The molecule has 1 aromatic carbocycles. The lowest BCUT2D eigenvalue weighted by Gasteiger charge is -2.25. The van der Waals surface area contributed by atoms with Crippen molar-refractivity contribution in [2.45, 2.75) is 71.3 Å². The number of nitrogens with zero attached hydrogens (tertiary/aromatic N) is 1. The minimum Gasteiger partial charge on any atom is -0.495 e. The predicted molar refractivity (Wildman–Crippen MR) is 113 cm³/mol. The minimum atomic E-state index is -0.898. The first kappa shape index (κ1) is 22.7. The normalized spacial score (nSPS) is 16.0. The van der Waals surface area contributed by atoms with Crippen LogP contribution in [0.2, 0.25) is 0 Å². The molecule has 0 aromatic heterocycles. The molecule has 1 aliphatic rings. The quantitative estimate of drug-likeness (QED) is 0.646. The van der Waals surface area contributed by atoms with Crippen molar-refractivity contribution in [1.29, 1.82) is 0 Å². The van der Waals surface area contributed by atoms with E-state index in [1.54, 1.807) is 6.07 Å². The van der Waals surface area contributed by atoms with Crippen molar-refractivity contribution in [3.05, 3.63) is 23.8 Å². The van der Waals surface area contributed by atoms with Crippen LogP contribution < -0.4 is 15.4 Å². The third-order valence-corrected chi connectivity index (χ3v) is 5.24. The van der Waals surface area contributed by atoms with Gasteiger partial charge >= 0.3 is 6.03 Å². The van der Waals surface area contributed by atoms with Gasteiger partial charge in [-0.1, -0.05) is 53.5 Å². The van der Waals surface area contributed by atoms with E-state index in [-0.39, 0.29) is 17.9 Å². The van der Waals surface area contributed by atoms with E-state index in [1.807, 2.05) is 26.0 Å². The lowest BCUT2D eigenvalue weighted by Crippen LogP contribution is -2.47. The van der Waals surface area contributed by atoms with Crippen LogP contribution in [-0.4, -0.2) is 41.9 Å². The van der Waals surface area contributed by atoms with E-state index in [2.05, 4.69) is 31.4 Å². The second-order valence-electron chi connectivity index (χ2n) is 8.62. The fraction of sp³-hybridized carbons (Fsp3) is 0.591. The third kappa shape index (κ3) is 4.89. The first-order valence-corrected chi connectivity index (χ1v) is 10.2. The summed E-state index contributed by atoms with van der Waals surface area (Å²) >= 11 is 0. The molecule has 1 saturated heterocycles. The Morgan fingerprint density at radius 3 is 2.31 bits per heavy atom. The Morgan fingerprint density at radius 2 is 1.79 bits per heavy atom. The van der Waals surface area contributed by atoms with Gasteiger partial charge in [-0.3, -0.25) is 14.5 Å². The summed E-state index contributed by atoms with van der Waals surface area (Å²) in [5.74, 6) is -0.242. The van der Waals surface area contributed by atoms with Crippen molar-refractivity contribution in [1.82, 2.24) is 10.2 Å². The van der Waals surface area contributed by atoms with Gasteiger partial charge in [0.05, 0.1) is 12.8 Å². The van der Waals surface area contributed by atoms with Gasteiger partial charge in [-0.15, -0.1) is 0 Å². The van der Waals surface area contributed by atoms with Gasteiger partial charge in [0.1, 0.15) is 17.8 Å². The molecule has 1 aliphatic heterocycles. The maximum Gasteiger partial charge on any atom is 0.325 e. The molecule has 1 heterocycles. The van der Waals surface area contributed by atoms with Crippen LogP contribution in [0.5, 0.6) is 5.75 Å². The molecular weight excluding hydrogens is 370 g/mol. The predicted octanol–water partition coefficient (Wildman–Crippen LogP) is 3.82. The standard InChI is InChI=1S/C22H33N3O4/c1-7-11-22(12-8-2)19(27)25(20(28)24-22)14-18(26)23-16-13-15(21(3,4)5)9-10-17(16)29-6/h9-10,13H,7-8,11-12,14H2,1-6H3,(H,23,26)(H,24,28). The summed E-state index contributed by atoms with van der Waals surface area (Å²) in [4.78, 5) is 39.1. The fourth-order valence-corrected chi connectivity index (χ4v) is 3.74. The molecule has 0 aliphatic carbocycles. The second-order valence-corrected chi connectivity index (χ2v) is 8.62. The van der Waals surface area contributed by atoms with Gasteiger partial charge in [0.25, 0.3) is 5.91 Å². The highest BCUT2D eigenvalue weighted by Gasteiger charge is 2.50. The van der Waals surface area contributed by atoms with Gasteiger partial charge in [-0.05, 0) is 36.0 Å². The Balaban J connectivity index is 2.19. The maximum absolute atomic E-state index is 13.0. The van der Waals surface area contributed by atoms with Crippen molar-refractivity contribution >= 4 is 23.5 Å². The lowest BCUT2D eigenvalue weighted by molar-refractivity contribution is -0.134. The highest BCUT2D eigenvalue weighted by atomic mass is 16.5. The summed E-state index contributed by atoms with van der Waals surface area (Å²) in [6.07, 6.45) is 2.65. The smallest absolute Gasteiger partial charge is 0.325 e. The summed E-state index contributed by atoms with van der Waals surface area (Å²) in [7, 11) is 1.53. The molecule has 1 fully saturated rings. The van der Waals surface area contributed by atoms with Crippen LogP contribution >= 0.6 is 0 Å². The Morgan fingerprint density at radius 1 is 1.17 bits per heavy atom. The first-order chi connectivity index (χ1) is 13.6. The number of carbonyl (C=O) groups excluding carboxylic acids is 3. The SMILES string of the molecule is CCCC1(CCC)NC(=O)N(CC(=O)Nc2cc(C(C)(C)C)ccc2OC)C1=O. The first-order valence-electron chi connectivity index (χ1n) is 10.2. The van der Waals surface area contributed by atoms with Crippen LogP contribution in [0.15, 0.2) is 18.2 Å². The topological polar surface area (TPSA) is 87.7 Å². The van der Waals surface area contributed by atoms with Gasteiger partial charge in [0.2, 0.25) is 5.91 Å². The summed E-state index contributed by atoms with van der Waals surface area (Å²) in [5.41, 5.74) is 0.556. The number of benzene rings is 1. The number of imide groups is 1. The van der Waals surface area contributed by atoms with E-state index in [4.69, 9.17) is 4.74 Å². The molecule has 7 nitrogen and oxygen atoms in total. The Labute approximate surface area is 173 Å². The van der Waals surface area contributed by atoms with E-state index in [1.165, 1.54) is 7.11 Å². The molecular formula is C22H33N3O4. The Kier molecular flexibility index (Phi) is 6.93. The van der Waals surface area contributed by atoms with Crippen LogP contribution in [0, 0.1) is 0 Å². The van der Waals surface area contributed by atoms with E-state index < -0.39 is 17.5 Å².